The van der Waals surface area contributed by atoms with E-state index in [2.05, 4.69) is 5.32 Å². The SMILES string of the molecule is CCC(NC(N)=O)C(=O)N1CCCN(C(=O)c2cc3ccccc3n2CC)[C@H](C)C1. The number of amides is 4. The summed E-state index contributed by atoms with van der Waals surface area (Å²) in [6.45, 7) is 8.08. The number of hydrogen-bond acceptors (Lipinski definition) is 3. The lowest BCUT2D eigenvalue weighted by Gasteiger charge is -2.30. The summed E-state index contributed by atoms with van der Waals surface area (Å²) in [5, 5.41) is 3.56. The third-order valence-electron chi connectivity index (χ3n) is 5.78. The van der Waals surface area contributed by atoms with Crippen LogP contribution >= 0.6 is 0 Å². The number of fused-ring (bicyclic) bond motifs is 1. The van der Waals surface area contributed by atoms with Crippen LogP contribution in [0.2, 0.25) is 0 Å². The van der Waals surface area contributed by atoms with E-state index < -0.39 is 12.1 Å². The predicted molar refractivity (Wildman–Crippen MR) is 116 cm³/mol. The largest absolute Gasteiger partial charge is 0.352 e. The summed E-state index contributed by atoms with van der Waals surface area (Å²) < 4.78 is 2.04. The minimum absolute atomic E-state index is 0.0165. The van der Waals surface area contributed by atoms with E-state index in [1.807, 2.05) is 60.6 Å². The lowest BCUT2D eigenvalue weighted by Crippen LogP contribution is -2.52. The van der Waals surface area contributed by atoms with Crippen molar-refractivity contribution in [1.29, 1.82) is 0 Å². The molecule has 2 aromatic rings. The number of primary amides is 1. The Balaban J connectivity index is 1.80. The maximum Gasteiger partial charge on any atom is 0.312 e. The van der Waals surface area contributed by atoms with E-state index in [9.17, 15) is 14.4 Å². The van der Waals surface area contributed by atoms with Crippen LogP contribution < -0.4 is 11.1 Å². The molecule has 1 aromatic carbocycles. The van der Waals surface area contributed by atoms with Crippen molar-refractivity contribution in [3.63, 3.8) is 0 Å². The summed E-state index contributed by atoms with van der Waals surface area (Å²) in [7, 11) is 0. The molecule has 1 unspecified atom stereocenters. The van der Waals surface area contributed by atoms with Gasteiger partial charge in [-0.2, -0.15) is 0 Å². The number of aromatic nitrogens is 1. The lowest BCUT2D eigenvalue weighted by molar-refractivity contribution is -0.133. The van der Waals surface area contributed by atoms with Crippen LogP contribution in [0.25, 0.3) is 10.9 Å². The lowest BCUT2D eigenvalue weighted by atomic mass is 10.1. The van der Waals surface area contributed by atoms with Gasteiger partial charge in [0.2, 0.25) is 5.91 Å². The monoisotopic (exact) mass is 413 g/mol. The highest BCUT2D eigenvalue weighted by Gasteiger charge is 2.32. The fourth-order valence-corrected chi connectivity index (χ4v) is 4.27. The molecule has 1 fully saturated rings. The fraction of sp³-hybridized carbons (Fsp3) is 0.500. The zero-order valence-corrected chi connectivity index (χ0v) is 17.9. The van der Waals surface area contributed by atoms with Crippen molar-refractivity contribution < 1.29 is 14.4 Å². The summed E-state index contributed by atoms with van der Waals surface area (Å²) in [5.74, 6) is -0.169. The Labute approximate surface area is 177 Å². The molecule has 0 bridgehead atoms. The molecule has 1 saturated heterocycles. The molecule has 2 atom stereocenters. The van der Waals surface area contributed by atoms with Crippen LogP contribution in [0.15, 0.2) is 30.3 Å². The van der Waals surface area contributed by atoms with E-state index >= 15 is 0 Å². The highest BCUT2D eigenvalue weighted by Crippen LogP contribution is 2.23. The average molecular weight is 414 g/mol. The van der Waals surface area contributed by atoms with Crippen LogP contribution in [-0.2, 0) is 11.3 Å². The van der Waals surface area contributed by atoms with Crippen LogP contribution in [0, 0.1) is 0 Å². The third kappa shape index (κ3) is 4.27. The number of para-hydroxylation sites is 1. The first-order chi connectivity index (χ1) is 14.4. The minimum atomic E-state index is -0.706. The van der Waals surface area contributed by atoms with Crippen molar-refractivity contribution in [2.75, 3.05) is 19.6 Å². The second kappa shape index (κ2) is 9.19. The number of aryl methyl sites for hydroxylation is 1. The van der Waals surface area contributed by atoms with Crippen molar-refractivity contribution in [2.24, 2.45) is 5.73 Å². The van der Waals surface area contributed by atoms with Crippen LogP contribution in [0.1, 0.15) is 44.1 Å². The van der Waals surface area contributed by atoms with E-state index in [0.29, 0.717) is 44.7 Å². The number of urea groups is 1. The average Bonchev–Trinajstić information content (AvgIpc) is 3.00. The van der Waals surface area contributed by atoms with Crippen molar-refractivity contribution in [1.82, 2.24) is 19.7 Å². The predicted octanol–water partition coefficient (Wildman–Crippen LogP) is 2.17. The maximum atomic E-state index is 13.5. The van der Waals surface area contributed by atoms with Crippen molar-refractivity contribution in [2.45, 2.75) is 52.2 Å². The van der Waals surface area contributed by atoms with E-state index in [1.165, 1.54) is 0 Å². The molecule has 1 aliphatic rings. The molecule has 0 radical (unpaired) electrons. The number of nitrogens with two attached hydrogens (primary N) is 1. The van der Waals surface area contributed by atoms with Crippen LogP contribution in [0.5, 0.6) is 0 Å². The molecule has 1 aromatic heterocycles. The zero-order valence-electron chi connectivity index (χ0n) is 17.9. The first-order valence-corrected chi connectivity index (χ1v) is 10.6. The van der Waals surface area contributed by atoms with Gasteiger partial charge in [0, 0.05) is 43.1 Å². The van der Waals surface area contributed by atoms with Gasteiger partial charge in [-0.25, -0.2) is 4.79 Å². The quantitative estimate of drug-likeness (QED) is 0.785. The minimum Gasteiger partial charge on any atom is -0.352 e. The second-order valence-electron chi connectivity index (χ2n) is 7.79. The Morgan fingerprint density at radius 2 is 1.93 bits per heavy atom. The van der Waals surface area contributed by atoms with Gasteiger partial charge < -0.3 is 25.4 Å². The molecule has 162 valence electrons. The van der Waals surface area contributed by atoms with Gasteiger partial charge in [0.15, 0.2) is 0 Å². The molecule has 0 aliphatic carbocycles. The Hall–Kier alpha value is -3.03. The van der Waals surface area contributed by atoms with E-state index in [0.717, 1.165) is 10.9 Å². The number of rotatable bonds is 5. The van der Waals surface area contributed by atoms with E-state index in [1.54, 1.807) is 4.90 Å². The number of benzene rings is 1. The summed E-state index contributed by atoms with van der Waals surface area (Å²) in [6.07, 6.45) is 1.15. The first-order valence-electron chi connectivity index (χ1n) is 10.6. The van der Waals surface area contributed by atoms with Crippen molar-refractivity contribution >= 4 is 28.7 Å². The Morgan fingerprint density at radius 3 is 2.60 bits per heavy atom. The molecular formula is C22H31N5O3. The number of nitrogens with one attached hydrogen (secondary N) is 1. The molecule has 4 amide bonds. The summed E-state index contributed by atoms with van der Waals surface area (Å²) >= 11 is 0. The smallest absolute Gasteiger partial charge is 0.312 e. The zero-order chi connectivity index (χ0) is 21.8. The van der Waals surface area contributed by atoms with Gasteiger partial charge in [0.05, 0.1) is 0 Å². The van der Waals surface area contributed by atoms with E-state index in [-0.39, 0.29) is 17.9 Å². The molecule has 0 saturated carbocycles. The number of hydrogen-bond donors (Lipinski definition) is 2. The molecule has 8 heteroatoms. The molecule has 3 rings (SSSR count). The molecular weight excluding hydrogens is 382 g/mol. The van der Waals surface area contributed by atoms with E-state index in [4.69, 9.17) is 5.73 Å². The van der Waals surface area contributed by atoms with Gasteiger partial charge in [-0.1, -0.05) is 25.1 Å². The Bertz CT molecular complexity index is 938. The van der Waals surface area contributed by atoms with Gasteiger partial charge >= 0.3 is 6.03 Å². The summed E-state index contributed by atoms with van der Waals surface area (Å²) in [5.41, 5.74) is 6.92. The number of carbonyl (C=O) groups excluding carboxylic acids is 3. The number of carbonyl (C=O) groups is 3. The van der Waals surface area contributed by atoms with Crippen molar-refractivity contribution in [3.05, 3.63) is 36.0 Å². The molecule has 3 N–H and O–H groups in total. The van der Waals surface area contributed by atoms with Gasteiger partial charge in [-0.15, -0.1) is 0 Å². The maximum absolute atomic E-state index is 13.5. The third-order valence-corrected chi connectivity index (χ3v) is 5.78. The van der Waals surface area contributed by atoms with Gasteiger partial charge in [-0.3, -0.25) is 9.59 Å². The molecule has 0 spiro atoms. The van der Waals surface area contributed by atoms with Crippen LogP contribution in [0.4, 0.5) is 4.79 Å². The fourth-order valence-electron chi connectivity index (χ4n) is 4.27. The van der Waals surface area contributed by atoms with Gasteiger partial charge in [0.25, 0.3) is 5.91 Å². The molecule has 30 heavy (non-hydrogen) atoms. The Kier molecular flexibility index (Phi) is 6.64. The standard InChI is InChI=1S/C22H31N5O3/c1-4-17(24-22(23)30)20(28)25-11-8-12-27(15(3)14-25)21(29)19-13-16-9-6-7-10-18(16)26(19)5-2/h6-7,9-10,13,15,17H,4-5,8,11-12,14H2,1-3H3,(H3,23,24,30)/t15-,17?/m1/s1. The van der Waals surface area contributed by atoms with Crippen molar-refractivity contribution in [3.8, 4) is 0 Å². The van der Waals surface area contributed by atoms with Gasteiger partial charge in [-0.05, 0) is 38.8 Å². The molecule has 2 heterocycles. The van der Waals surface area contributed by atoms with Crippen LogP contribution in [0.3, 0.4) is 0 Å². The highest BCUT2D eigenvalue weighted by atomic mass is 16.2. The normalized spacial score (nSPS) is 18.2. The molecule has 8 nitrogen and oxygen atoms in total. The van der Waals surface area contributed by atoms with Gasteiger partial charge in [0.1, 0.15) is 11.7 Å². The summed E-state index contributed by atoms with van der Waals surface area (Å²) in [6, 6.07) is 8.45. The first kappa shape index (κ1) is 21.7. The second-order valence-corrected chi connectivity index (χ2v) is 7.79. The highest BCUT2D eigenvalue weighted by molar-refractivity contribution is 5.99. The topological polar surface area (TPSA) is 101 Å². The summed E-state index contributed by atoms with van der Waals surface area (Å²) in [4.78, 5) is 41.1. The van der Waals surface area contributed by atoms with Crippen LogP contribution in [-0.4, -0.2) is 63.9 Å². The molecule has 1 aliphatic heterocycles. The Morgan fingerprint density at radius 1 is 1.20 bits per heavy atom. The number of nitrogens with zero attached hydrogens (tertiary/aromatic N) is 3.